The van der Waals surface area contributed by atoms with Crippen LogP contribution in [0, 0.1) is 0 Å². The molecule has 2 aromatic heterocycles. The molecule has 0 unspecified atom stereocenters. The lowest BCUT2D eigenvalue weighted by molar-refractivity contribution is 0.493. The van der Waals surface area contributed by atoms with Gasteiger partial charge in [-0.3, -0.25) is 0 Å². The summed E-state index contributed by atoms with van der Waals surface area (Å²) in [5, 5.41) is 7.19. The van der Waals surface area contributed by atoms with Crippen LogP contribution in [0.5, 0.6) is 5.75 Å². The first-order chi connectivity index (χ1) is 18.6. The Bertz CT molecular complexity index is 1750. The van der Waals surface area contributed by atoms with Crippen molar-refractivity contribution >= 4 is 74.2 Å². The van der Waals surface area contributed by atoms with Gasteiger partial charge in [0.25, 0.3) is 0 Å². The molecule has 0 spiro atoms. The van der Waals surface area contributed by atoms with Gasteiger partial charge in [-0.05, 0) is 54.1 Å². The van der Waals surface area contributed by atoms with Gasteiger partial charge in [0, 0.05) is 49.3 Å². The number of hydrogen-bond acceptors (Lipinski definition) is 9. The smallest absolute Gasteiger partial charge is 0.306 e. The van der Waals surface area contributed by atoms with E-state index in [1.165, 1.54) is 0 Å². The molecule has 13 heteroatoms. The van der Waals surface area contributed by atoms with Gasteiger partial charge in [0.2, 0.25) is 11.9 Å². The van der Waals surface area contributed by atoms with Crippen molar-refractivity contribution in [1.82, 2.24) is 19.5 Å². The van der Waals surface area contributed by atoms with Crippen molar-refractivity contribution in [3.63, 3.8) is 0 Å². The number of aromatic nitrogens is 4. The minimum Gasteiger partial charge on any atom is -0.383 e. The van der Waals surface area contributed by atoms with Crippen molar-refractivity contribution in [3.8, 4) is 5.75 Å². The van der Waals surface area contributed by atoms with E-state index in [1.54, 1.807) is 36.5 Å². The van der Waals surface area contributed by atoms with Crippen molar-refractivity contribution in [2.75, 3.05) is 28.8 Å². The van der Waals surface area contributed by atoms with E-state index in [0.717, 1.165) is 34.5 Å². The Balaban J connectivity index is 0.00000370. The summed E-state index contributed by atoms with van der Waals surface area (Å²) < 4.78 is 29.9. The van der Waals surface area contributed by atoms with Gasteiger partial charge in [-0.2, -0.15) is 13.4 Å². The van der Waals surface area contributed by atoms with Gasteiger partial charge in [0.05, 0.1) is 17.3 Å². The summed E-state index contributed by atoms with van der Waals surface area (Å²) in [5.74, 6) is 1.97. The van der Waals surface area contributed by atoms with Crippen LogP contribution in [0.15, 0.2) is 79.0 Å². The number of aryl methyl sites for hydroxylation is 1. The van der Waals surface area contributed by atoms with E-state index in [2.05, 4.69) is 20.6 Å². The third-order valence-corrected chi connectivity index (χ3v) is 6.69. The van der Waals surface area contributed by atoms with Crippen LogP contribution >= 0.6 is 24.0 Å². The number of nitrogens with zero attached hydrogens (tertiary/aromatic N) is 5. The maximum atomic E-state index is 11.4. The van der Waals surface area contributed by atoms with E-state index in [9.17, 15) is 8.42 Å². The molecule has 10 nitrogen and oxygen atoms in total. The fraction of sp³-hybridized carbons (Fsp3) is 0.148. The SMILES string of the molecule is CN(c1ccc2c(c1)nc(NCc1ccc(Cl)cc1)n2C)c1ccnc(Nc2cccc(OS(C)(=O)=O)c2)n1.Cl. The Hall–Kier alpha value is -4.06. The molecule has 5 aromatic rings. The Morgan fingerprint density at radius 2 is 1.80 bits per heavy atom. The highest BCUT2D eigenvalue weighted by atomic mass is 35.5. The fourth-order valence-corrected chi connectivity index (χ4v) is 4.58. The summed E-state index contributed by atoms with van der Waals surface area (Å²) in [7, 11) is 0.256. The van der Waals surface area contributed by atoms with Crippen LogP contribution in [0.3, 0.4) is 0 Å². The van der Waals surface area contributed by atoms with Crippen LogP contribution < -0.4 is 19.7 Å². The summed E-state index contributed by atoms with van der Waals surface area (Å²) in [6.45, 7) is 0.626. The predicted molar refractivity (Wildman–Crippen MR) is 162 cm³/mol. The summed E-state index contributed by atoms with van der Waals surface area (Å²) in [4.78, 5) is 15.6. The molecule has 3 aromatic carbocycles. The minimum absolute atomic E-state index is 0. The van der Waals surface area contributed by atoms with Crippen molar-refractivity contribution in [3.05, 3.63) is 89.6 Å². The van der Waals surface area contributed by atoms with Crippen LogP contribution in [0.4, 0.5) is 29.1 Å². The predicted octanol–water partition coefficient (Wildman–Crippen LogP) is 5.90. The van der Waals surface area contributed by atoms with Gasteiger partial charge in [0.1, 0.15) is 11.6 Å². The van der Waals surface area contributed by atoms with E-state index in [-0.39, 0.29) is 18.2 Å². The molecule has 0 saturated carbocycles. The average Bonchev–Trinajstić information content (AvgIpc) is 3.22. The van der Waals surface area contributed by atoms with Crippen LogP contribution in [0.1, 0.15) is 5.56 Å². The van der Waals surface area contributed by atoms with Gasteiger partial charge in [0.15, 0.2) is 0 Å². The topological polar surface area (TPSA) is 114 Å². The summed E-state index contributed by atoms with van der Waals surface area (Å²) in [6.07, 6.45) is 2.65. The van der Waals surface area contributed by atoms with E-state index in [1.807, 2.05) is 66.0 Å². The lowest BCUT2D eigenvalue weighted by Crippen LogP contribution is -2.12. The highest BCUT2D eigenvalue weighted by Gasteiger charge is 2.13. The molecule has 0 saturated heterocycles. The molecule has 0 radical (unpaired) electrons. The van der Waals surface area contributed by atoms with Gasteiger partial charge >= 0.3 is 10.1 Å². The molecular weight excluding hydrogens is 573 g/mol. The number of fused-ring (bicyclic) bond motifs is 1. The zero-order valence-corrected chi connectivity index (χ0v) is 24.3. The summed E-state index contributed by atoms with van der Waals surface area (Å²) in [6, 6.07) is 22.1. The number of hydrogen-bond donors (Lipinski definition) is 2. The van der Waals surface area contributed by atoms with Gasteiger partial charge in [-0.25, -0.2) is 9.97 Å². The van der Waals surface area contributed by atoms with E-state index < -0.39 is 10.1 Å². The third-order valence-electron chi connectivity index (χ3n) is 5.94. The fourth-order valence-electron chi connectivity index (χ4n) is 4.00. The number of rotatable bonds is 9. The van der Waals surface area contributed by atoms with Crippen molar-refractivity contribution in [2.45, 2.75) is 6.54 Å². The highest BCUT2D eigenvalue weighted by molar-refractivity contribution is 7.86. The normalized spacial score (nSPS) is 11.1. The molecule has 0 amide bonds. The van der Waals surface area contributed by atoms with Crippen molar-refractivity contribution in [1.29, 1.82) is 0 Å². The maximum absolute atomic E-state index is 11.4. The molecule has 0 bridgehead atoms. The molecule has 40 heavy (non-hydrogen) atoms. The Kier molecular flexibility index (Phi) is 8.67. The van der Waals surface area contributed by atoms with Crippen molar-refractivity contribution < 1.29 is 12.6 Å². The molecule has 0 fully saturated rings. The number of halogens is 2. The Labute approximate surface area is 243 Å². The molecule has 0 atom stereocenters. The molecule has 2 heterocycles. The number of imidazole rings is 1. The third kappa shape index (κ3) is 6.92. The second-order valence-electron chi connectivity index (χ2n) is 8.89. The Morgan fingerprint density at radius 1 is 1.02 bits per heavy atom. The lowest BCUT2D eigenvalue weighted by Gasteiger charge is -2.19. The Morgan fingerprint density at radius 3 is 2.55 bits per heavy atom. The lowest BCUT2D eigenvalue weighted by atomic mass is 10.2. The van der Waals surface area contributed by atoms with Crippen LogP contribution in [-0.4, -0.2) is 41.2 Å². The standard InChI is InChI=1S/C27H26ClN7O3S.ClH/c1-34(25-13-14-29-26(33-25)31-20-5-4-6-22(15-20)38-39(3,36)37)21-11-12-24-23(16-21)32-27(35(24)2)30-17-18-7-9-19(28)10-8-18;/h4-16H,17H2,1-3H3,(H,30,32)(H,29,31,33);1H. The monoisotopic (exact) mass is 599 g/mol. The van der Waals surface area contributed by atoms with E-state index in [4.69, 9.17) is 20.8 Å². The first-order valence-electron chi connectivity index (χ1n) is 11.9. The zero-order chi connectivity index (χ0) is 27.6. The quantitative estimate of drug-likeness (QED) is 0.200. The van der Waals surface area contributed by atoms with Crippen molar-refractivity contribution in [2.24, 2.45) is 7.05 Å². The second-order valence-corrected chi connectivity index (χ2v) is 10.9. The molecule has 0 aliphatic heterocycles. The van der Waals surface area contributed by atoms with Crippen LogP contribution in [0.2, 0.25) is 5.02 Å². The molecule has 0 aliphatic carbocycles. The minimum atomic E-state index is -3.63. The number of anilines is 5. The molecule has 0 aliphatic rings. The first-order valence-corrected chi connectivity index (χ1v) is 14.1. The maximum Gasteiger partial charge on any atom is 0.306 e. The number of benzene rings is 3. The molecule has 5 rings (SSSR count). The zero-order valence-electron chi connectivity index (χ0n) is 21.9. The average molecular weight is 601 g/mol. The highest BCUT2D eigenvalue weighted by Crippen LogP contribution is 2.28. The van der Waals surface area contributed by atoms with Gasteiger partial charge in [-0.1, -0.05) is 29.8 Å². The summed E-state index contributed by atoms with van der Waals surface area (Å²) >= 11 is 5.99. The largest absolute Gasteiger partial charge is 0.383 e. The van der Waals surface area contributed by atoms with E-state index >= 15 is 0 Å². The van der Waals surface area contributed by atoms with Crippen LogP contribution in [0.25, 0.3) is 11.0 Å². The molecular formula is C27H27Cl2N7O3S. The van der Waals surface area contributed by atoms with E-state index in [0.29, 0.717) is 29.0 Å². The number of nitrogens with one attached hydrogen (secondary N) is 2. The molecule has 208 valence electrons. The second kappa shape index (κ2) is 12.0. The van der Waals surface area contributed by atoms with Gasteiger partial charge in [-0.15, -0.1) is 12.4 Å². The van der Waals surface area contributed by atoms with Gasteiger partial charge < -0.3 is 24.3 Å². The summed E-state index contributed by atoms with van der Waals surface area (Å²) in [5.41, 5.74) is 4.43. The van der Waals surface area contributed by atoms with Crippen LogP contribution in [-0.2, 0) is 23.7 Å². The molecule has 2 N–H and O–H groups in total. The first kappa shape index (κ1) is 28.9.